The summed E-state index contributed by atoms with van der Waals surface area (Å²) in [6.45, 7) is 0. The predicted molar refractivity (Wildman–Crippen MR) is 141 cm³/mol. The fraction of sp³-hybridized carbons (Fsp3) is 1.00. The third kappa shape index (κ3) is 9.94. The van der Waals surface area contributed by atoms with Gasteiger partial charge in [0.2, 0.25) is 0 Å². The second-order valence-electron chi connectivity index (χ2n) is 3.43. The predicted octanol–water partition coefficient (Wildman–Crippen LogP) is 6.63. The van der Waals surface area contributed by atoms with Gasteiger partial charge in [-0.25, -0.2) is 0 Å². The van der Waals surface area contributed by atoms with Crippen LogP contribution in [0.2, 0.25) is 0 Å². The number of thioether (sulfide) groups is 8. The Morgan fingerprint density at radius 3 is 2.00 bits per heavy atom. The highest BCUT2D eigenvalue weighted by Gasteiger charge is 2.30. The van der Waals surface area contributed by atoms with Gasteiger partial charge in [0.25, 0.3) is 0 Å². The molecule has 12 heteroatoms. The summed E-state index contributed by atoms with van der Waals surface area (Å²) in [5.74, 6) is 0. The molecule has 0 aromatic carbocycles. The lowest BCUT2D eigenvalue weighted by Crippen LogP contribution is -2.15. The van der Waals surface area contributed by atoms with Crippen LogP contribution in [0.4, 0.5) is 0 Å². The third-order valence-electron chi connectivity index (χ3n) is 2.21. The van der Waals surface area contributed by atoms with Gasteiger partial charge in [0.05, 0.1) is 19.7 Å². The maximum Gasteiger partial charge on any atom is 0.0729 e. The summed E-state index contributed by atoms with van der Waals surface area (Å²) in [6, 6.07) is 0. The Kier molecular flexibility index (Phi) is 16.5. The molecule has 1 saturated heterocycles. The summed E-state index contributed by atoms with van der Waals surface area (Å²) in [6.07, 6.45) is 0. The Bertz CT molecular complexity index is 304. The molecule has 0 aromatic heterocycles. The summed E-state index contributed by atoms with van der Waals surface area (Å²) in [5, 5.41) is 5.17. The van der Waals surface area contributed by atoms with Crippen molar-refractivity contribution in [2.24, 2.45) is 0 Å². The van der Waals surface area contributed by atoms with Gasteiger partial charge in [-0.2, -0.15) is 50.5 Å². The van der Waals surface area contributed by atoms with Gasteiger partial charge >= 0.3 is 0 Å². The molecule has 1 fully saturated rings. The first kappa shape index (κ1) is 22.5. The molecule has 1 rings (SSSR count). The van der Waals surface area contributed by atoms with Gasteiger partial charge in [-0.3, -0.25) is 0 Å². The average molecular weight is 526 g/mol. The largest absolute Gasteiger partial charge is 0.168 e. The van der Waals surface area contributed by atoms with Gasteiger partial charge in [-0.1, -0.05) is 0 Å². The highest BCUT2D eigenvalue weighted by Crippen LogP contribution is 2.50. The van der Waals surface area contributed by atoms with Crippen LogP contribution in [-0.4, -0.2) is 48.8 Å². The molecule has 132 valence electrons. The standard InChI is InChI=1S/C10H20S12/c11-1-15-7(16-2-12)8(17-3-13)19-5-21-10-9(18-4-14)20-6-22-10/h7-14H,1-6H2/i10D. The second kappa shape index (κ2) is 16.2. The molecule has 0 nitrogen and oxygen atoms in total. The maximum atomic E-state index is 8.74. The lowest BCUT2D eigenvalue weighted by molar-refractivity contribution is 1.36. The number of rotatable bonds is 13. The summed E-state index contributed by atoms with van der Waals surface area (Å²) < 4.78 is 9.50. The van der Waals surface area contributed by atoms with Crippen molar-refractivity contribution in [3.8, 4) is 0 Å². The van der Waals surface area contributed by atoms with Crippen molar-refractivity contribution in [3.63, 3.8) is 0 Å². The minimum Gasteiger partial charge on any atom is -0.168 e. The van der Waals surface area contributed by atoms with Crippen LogP contribution in [0.25, 0.3) is 0 Å². The van der Waals surface area contributed by atoms with Crippen LogP contribution in [0, 0.1) is 0 Å². The van der Waals surface area contributed by atoms with Gasteiger partial charge in [-0.05, 0) is 0 Å². The molecular formula is C10H20S12. The Balaban J connectivity index is 2.50. The molecule has 3 atom stereocenters. The average Bonchev–Trinajstić information content (AvgIpc) is 2.88. The van der Waals surface area contributed by atoms with Gasteiger partial charge < -0.3 is 0 Å². The van der Waals surface area contributed by atoms with E-state index >= 15 is 0 Å². The van der Waals surface area contributed by atoms with E-state index in [9.17, 15) is 0 Å². The molecule has 1 aliphatic heterocycles. The highest BCUT2D eigenvalue weighted by atomic mass is 32.3. The third-order valence-corrected chi connectivity index (χ3v) is 15.6. The zero-order valence-electron chi connectivity index (χ0n) is 12.5. The zero-order chi connectivity index (χ0) is 17.1. The SMILES string of the molecule is [2H]C1(SCSC(SCS)C(SCS)SCS)SCSC1SCS. The van der Waals surface area contributed by atoms with Crippen molar-refractivity contribution in [1.82, 2.24) is 0 Å². The van der Waals surface area contributed by atoms with Crippen LogP contribution in [0.1, 0.15) is 1.37 Å². The topological polar surface area (TPSA) is 0 Å². The van der Waals surface area contributed by atoms with E-state index in [1.54, 1.807) is 35.3 Å². The van der Waals surface area contributed by atoms with Crippen LogP contribution < -0.4 is 0 Å². The van der Waals surface area contributed by atoms with E-state index in [1.807, 2.05) is 58.8 Å². The summed E-state index contributed by atoms with van der Waals surface area (Å²) in [7, 11) is 0. The van der Waals surface area contributed by atoms with Crippen molar-refractivity contribution >= 4 is 145 Å². The van der Waals surface area contributed by atoms with E-state index < -0.39 is 4.56 Å². The Hall–Kier alpha value is 4.20. The maximum absolute atomic E-state index is 8.74. The molecule has 0 aromatic rings. The molecule has 0 spiro atoms. The van der Waals surface area contributed by atoms with E-state index in [-0.39, 0.29) is 0 Å². The fourth-order valence-corrected chi connectivity index (χ4v) is 16.4. The first-order valence-electron chi connectivity index (χ1n) is 6.52. The fourth-order valence-electron chi connectivity index (χ4n) is 1.37. The van der Waals surface area contributed by atoms with Crippen molar-refractivity contribution in [2.45, 2.75) is 18.3 Å². The first-order chi connectivity index (χ1) is 11.1. The zero-order valence-corrected chi connectivity index (χ0v) is 21.6. The number of thiol groups is 4. The summed E-state index contributed by atoms with van der Waals surface area (Å²) in [5.41, 5.74) is 0. The molecule has 0 amide bonds. The quantitative estimate of drug-likeness (QED) is 0.154. The molecule has 22 heavy (non-hydrogen) atoms. The molecule has 0 aliphatic carbocycles. The lowest BCUT2D eigenvalue weighted by atomic mass is 10.9. The van der Waals surface area contributed by atoms with Gasteiger partial charge in [0.1, 0.15) is 0 Å². The normalized spacial score (nSPS) is 27.3. The lowest BCUT2D eigenvalue weighted by Gasteiger charge is -2.25. The summed E-state index contributed by atoms with van der Waals surface area (Å²) >= 11 is 32.1. The number of hydrogen-bond acceptors (Lipinski definition) is 12. The monoisotopic (exact) mass is 525 g/mol. The smallest absolute Gasteiger partial charge is 0.0729 e. The Labute approximate surface area is 192 Å². The van der Waals surface area contributed by atoms with Crippen LogP contribution >= 0.6 is 145 Å². The molecule has 1 aliphatic rings. The molecule has 0 N–H and O–H groups in total. The molecule has 0 saturated carbocycles. The van der Waals surface area contributed by atoms with E-state index in [1.165, 1.54) is 0 Å². The Morgan fingerprint density at radius 2 is 1.45 bits per heavy atom. The van der Waals surface area contributed by atoms with E-state index in [4.69, 9.17) is 1.37 Å². The second-order valence-corrected chi connectivity index (χ2v) is 17.0. The van der Waals surface area contributed by atoms with Crippen molar-refractivity contribution in [3.05, 3.63) is 0 Å². The van der Waals surface area contributed by atoms with E-state index in [2.05, 4.69) is 50.5 Å². The van der Waals surface area contributed by atoms with Crippen LogP contribution in [0.5, 0.6) is 0 Å². The Morgan fingerprint density at radius 1 is 0.864 bits per heavy atom. The van der Waals surface area contributed by atoms with Crippen molar-refractivity contribution in [2.75, 3.05) is 30.5 Å². The van der Waals surface area contributed by atoms with Crippen molar-refractivity contribution < 1.29 is 1.37 Å². The van der Waals surface area contributed by atoms with Gasteiger partial charge in [0, 0.05) is 30.5 Å². The molecule has 0 radical (unpaired) electrons. The molecule has 0 bridgehead atoms. The number of hydrogen-bond donors (Lipinski definition) is 4. The van der Waals surface area contributed by atoms with Crippen LogP contribution in [0.3, 0.4) is 0 Å². The molecule has 3 unspecified atom stereocenters. The molecule has 1 heterocycles. The van der Waals surface area contributed by atoms with Crippen LogP contribution in [0.15, 0.2) is 0 Å². The summed E-state index contributed by atoms with van der Waals surface area (Å²) in [4.78, 5) is 0. The van der Waals surface area contributed by atoms with Gasteiger partial charge in [0.15, 0.2) is 0 Å². The minimum atomic E-state index is -0.454. The highest BCUT2D eigenvalue weighted by molar-refractivity contribution is 8.36. The van der Waals surface area contributed by atoms with Crippen molar-refractivity contribution in [1.29, 1.82) is 0 Å². The minimum absolute atomic E-state index is 0.306. The van der Waals surface area contributed by atoms with E-state index in [0.29, 0.717) is 13.7 Å². The first-order valence-corrected chi connectivity index (χ1v) is 16.8. The van der Waals surface area contributed by atoms with Crippen LogP contribution in [-0.2, 0) is 0 Å². The molecular weight excluding hydrogens is 505 g/mol. The van der Waals surface area contributed by atoms with E-state index in [0.717, 1.165) is 30.5 Å². The van der Waals surface area contributed by atoms with Gasteiger partial charge in [-0.15, -0.1) is 94.1 Å².